The standard InChI is InChI=1S/C27H37ClN2O3/c1-17(23(31)32)11-13-30-15-21-18(2)26(6,7)16-27(21,29-24(30)33)20-9-8-19(22(28)14-20)10-12-25(3,4)5/h8-9,14-15,18H,1,10-13,16H2,2-7H3,(H,29,33)(H,31,32). The first-order valence-electron chi connectivity index (χ1n) is 11.7. The summed E-state index contributed by atoms with van der Waals surface area (Å²) in [6, 6.07) is 5.99. The molecule has 0 radical (unpaired) electrons. The molecule has 6 heteroatoms. The highest BCUT2D eigenvalue weighted by molar-refractivity contribution is 6.31. The third kappa shape index (κ3) is 5.13. The summed E-state index contributed by atoms with van der Waals surface area (Å²) in [4.78, 5) is 25.8. The van der Waals surface area contributed by atoms with Gasteiger partial charge in [0.15, 0.2) is 0 Å². The van der Waals surface area contributed by atoms with Crippen LogP contribution in [0.2, 0.25) is 5.02 Å². The molecule has 0 bridgehead atoms. The summed E-state index contributed by atoms with van der Waals surface area (Å²) < 4.78 is 0. The van der Waals surface area contributed by atoms with E-state index in [1.54, 1.807) is 4.90 Å². The molecule has 1 aliphatic heterocycles. The molecule has 33 heavy (non-hydrogen) atoms. The van der Waals surface area contributed by atoms with Gasteiger partial charge in [0, 0.05) is 23.3 Å². The smallest absolute Gasteiger partial charge is 0.331 e. The minimum Gasteiger partial charge on any atom is -0.478 e. The number of aliphatic carboxylic acids is 1. The van der Waals surface area contributed by atoms with Gasteiger partial charge in [-0.15, -0.1) is 0 Å². The zero-order valence-corrected chi connectivity index (χ0v) is 21.5. The van der Waals surface area contributed by atoms with Gasteiger partial charge in [-0.25, -0.2) is 9.59 Å². The molecular formula is C27H37ClN2O3. The Bertz CT molecular complexity index is 1010. The topological polar surface area (TPSA) is 69.6 Å². The number of hydrogen-bond donors (Lipinski definition) is 2. The number of hydrogen-bond acceptors (Lipinski definition) is 2. The maximum absolute atomic E-state index is 13.1. The number of amides is 2. The molecule has 1 aromatic rings. The summed E-state index contributed by atoms with van der Waals surface area (Å²) in [5.41, 5.74) is 2.93. The molecule has 2 amide bonds. The third-order valence-corrected chi connectivity index (χ3v) is 7.73. The zero-order valence-electron chi connectivity index (χ0n) is 20.7. The van der Waals surface area contributed by atoms with Crippen molar-refractivity contribution in [3.05, 3.63) is 58.3 Å². The van der Waals surface area contributed by atoms with Crippen molar-refractivity contribution >= 4 is 23.6 Å². The Balaban J connectivity index is 1.96. The van der Waals surface area contributed by atoms with E-state index in [4.69, 9.17) is 16.7 Å². The average Bonchev–Trinajstić information content (AvgIpc) is 2.90. The predicted octanol–water partition coefficient (Wildman–Crippen LogP) is 6.52. The molecule has 2 N–H and O–H groups in total. The molecule has 1 fully saturated rings. The van der Waals surface area contributed by atoms with Crippen LogP contribution in [-0.4, -0.2) is 28.6 Å². The summed E-state index contributed by atoms with van der Waals surface area (Å²) in [6.45, 7) is 17.2. The van der Waals surface area contributed by atoms with Crippen LogP contribution in [0.4, 0.5) is 4.79 Å². The molecule has 5 nitrogen and oxygen atoms in total. The second-order valence-corrected chi connectivity index (χ2v) is 11.9. The first-order valence-corrected chi connectivity index (χ1v) is 12.0. The van der Waals surface area contributed by atoms with E-state index in [1.165, 1.54) is 0 Å². The van der Waals surface area contributed by atoms with Crippen LogP contribution in [0.15, 0.2) is 42.1 Å². The summed E-state index contributed by atoms with van der Waals surface area (Å²) in [5, 5.41) is 13.1. The summed E-state index contributed by atoms with van der Waals surface area (Å²) in [7, 11) is 0. The molecule has 1 aromatic carbocycles. The number of nitrogens with zero attached hydrogens (tertiary/aromatic N) is 1. The fraction of sp³-hybridized carbons (Fsp3) is 0.556. The predicted molar refractivity (Wildman–Crippen MR) is 133 cm³/mol. The normalized spacial score (nSPS) is 24.2. The van der Waals surface area contributed by atoms with Crippen LogP contribution < -0.4 is 5.32 Å². The van der Waals surface area contributed by atoms with Gasteiger partial charge >= 0.3 is 12.0 Å². The van der Waals surface area contributed by atoms with E-state index in [-0.39, 0.29) is 41.3 Å². The molecule has 0 spiro atoms. The van der Waals surface area contributed by atoms with Crippen LogP contribution in [-0.2, 0) is 16.8 Å². The highest BCUT2D eigenvalue weighted by atomic mass is 35.5. The summed E-state index contributed by atoms with van der Waals surface area (Å²) in [6.07, 6.45) is 4.86. The molecule has 2 aliphatic rings. The summed E-state index contributed by atoms with van der Waals surface area (Å²) in [5.74, 6) is -0.811. The number of aryl methyl sites for hydroxylation is 1. The SMILES string of the molecule is C=C(CCN1C=C2C(C)C(C)(C)CC2(c2ccc(CCC(C)(C)C)c(Cl)c2)NC1=O)C(=O)O. The third-order valence-electron chi connectivity index (χ3n) is 7.38. The number of carbonyl (C=O) groups is 2. The second-order valence-electron chi connectivity index (χ2n) is 11.5. The molecule has 180 valence electrons. The Morgan fingerprint density at radius 2 is 2.00 bits per heavy atom. The number of urea groups is 1. The minimum atomic E-state index is -1.04. The number of rotatable bonds is 7. The highest BCUT2D eigenvalue weighted by Crippen LogP contribution is 2.57. The van der Waals surface area contributed by atoms with Crippen LogP contribution in [0.1, 0.15) is 71.9 Å². The lowest BCUT2D eigenvalue weighted by Gasteiger charge is -2.40. The van der Waals surface area contributed by atoms with Crippen LogP contribution in [0, 0.1) is 16.7 Å². The van der Waals surface area contributed by atoms with E-state index in [2.05, 4.69) is 65.6 Å². The molecule has 2 unspecified atom stereocenters. The Hall–Kier alpha value is -2.27. The second kappa shape index (κ2) is 8.83. The van der Waals surface area contributed by atoms with Gasteiger partial charge in [-0.3, -0.25) is 0 Å². The fourth-order valence-electron chi connectivity index (χ4n) is 4.94. The van der Waals surface area contributed by atoms with Crippen molar-refractivity contribution in [2.24, 2.45) is 16.7 Å². The van der Waals surface area contributed by atoms with Crippen molar-refractivity contribution in [1.29, 1.82) is 0 Å². The van der Waals surface area contributed by atoms with Crippen molar-refractivity contribution in [3.8, 4) is 0 Å². The molecule has 0 saturated heterocycles. The first kappa shape index (κ1) is 25.4. The van der Waals surface area contributed by atoms with Crippen LogP contribution in [0.25, 0.3) is 0 Å². The molecule has 1 heterocycles. The molecule has 3 rings (SSSR count). The lowest BCUT2D eigenvalue weighted by atomic mass is 9.80. The average molecular weight is 473 g/mol. The van der Waals surface area contributed by atoms with E-state index in [9.17, 15) is 9.59 Å². The van der Waals surface area contributed by atoms with Gasteiger partial charge in [0.2, 0.25) is 0 Å². The van der Waals surface area contributed by atoms with Gasteiger partial charge in [-0.05, 0) is 65.2 Å². The Labute approximate surface area is 202 Å². The Kier molecular flexibility index (Phi) is 6.78. The van der Waals surface area contributed by atoms with Gasteiger partial charge in [-0.2, -0.15) is 0 Å². The van der Waals surface area contributed by atoms with Crippen LogP contribution in [0.3, 0.4) is 0 Å². The van der Waals surface area contributed by atoms with E-state index in [0.717, 1.165) is 41.0 Å². The van der Waals surface area contributed by atoms with Crippen molar-refractivity contribution in [3.63, 3.8) is 0 Å². The first-order chi connectivity index (χ1) is 15.2. The van der Waals surface area contributed by atoms with Crippen LogP contribution in [0.5, 0.6) is 0 Å². The lowest BCUT2D eigenvalue weighted by molar-refractivity contribution is -0.132. The molecule has 0 aromatic heterocycles. The number of carboxylic acids is 1. The van der Waals surface area contributed by atoms with Crippen LogP contribution >= 0.6 is 11.6 Å². The zero-order chi connectivity index (χ0) is 24.8. The van der Waals surface area contributed by atoms with E-state index in [1.807, 2.05) is 12.3 Å². The molecule has 1 saturated carbocycles. The Morgan fingerprint density at radius 3 is 2.58 bits per heavy atom. The van der Waals surface area contributed by atoms with Gasteiger partial charge in [0.25, 0.3) is 0 Å². The van der Waals surface area contributed by atoms with Crippen molar-refractivity contribution in [2.45, 2.75) is 72.8 Å². The molecule has 2 atom stereocenters. The van der Waals surface area contributed by atoms with Gasteiger partial charge < -0.3 is 15.3 Å². The van der Waals surface area contributed by atoms with E-state index in [0.29, 0.717) is 0 Å². The van der Waals surface area contributed by atoms with Crippen molar-refractivity contribution in [2.75, 3.05) is 6.54 Å². The molecule has 1 aliphatic carbocycles. The molecular weight excluding hydrogens is 436 g/mol. The van der Waals surface area contributed by atoms with Gasteiger partial charge in [0.1, 0.15) is 0 Å². The number of halogens is 1. The van der Waals surface area contributed by atoms with Gasteiger partial charge in [0.05, 0.1) is 5.54 Å². The largest absolute Gasteiger partial charge is 0.478 e. The van der Waals surface area contributed by atoms with E-state index >= 15 is 0 Å². The number of carboxylic acid groups (broad SMARTS) is 1. The lowest BCUT2D eigenvalue weighted by Crippen LogP contribution is -2.54. The van der Waals surface area contributed by atoms with Crippen molar-refractivity contribution < 1.29 is 14.7 Å². The maximum atomic E-state index is 13.1. The van der Waals surface area contributed by atoms with Gasteiger partial charge in [-0.1, -0.05) is 71.9 Å². The number of benzene rings is 1. The number of nitrogens with one attached hydrogen (secondary N) is 1. The Morgan fingerprint density at radius 1 is 1.33 bits per heavy atom. The minimum absolute atomic E-state index is 0.0306. The maximum Gasteiger partial charge on any atom is 0.331 e. The summed E-state index contributed by atoms with van der Waals surface area (Å²) >= 11 is 6.74. The van der Waals surface area contributed by atoms with E-state index < -0.39 is 11.5 Å². The highest BCUT2D eigenvalue weighted by Gasteiger charge is 2.55. The monoisotopic (exact) mass is 472 g/mol. The fourth-order valence-corrected chi connectivity index (χ4v) is 5.22. The number of carbonyl (C=O) groups excluding carboxylic acids is 1. The van der Waals surface area contributed by atoms with Crippen molar-refractivity contribution in [1.82, 2.24) is 10.2 Å². The number of fused-ring (bicyclic) bond motifs is 1. The quantitative estimate of drug-likeness (QED) is 0.444.